The SMILES string of the molecule is CC(=O)CCCCN(CC1CC1)C(C)C. The van der Waals surface area contributed by atoms with E-state index >= 15 is 0 Å². The van der Waals surface area contributed by atoms with E-state index in [1.165, 1.54) is 32.4 Å². The molecule has 15 heavy (non-hydrogen) atoms. The third-order valence-corrected chi connectivity index (χ3v) is 3.14. The van der Waals surface area contributed by atoms with Crippen molar-refractivity contribution < 1.29 is 4.79 Å². The highest BCUT2D eigenvalue weighted by Gasteiger charge is 2.24. The zero-order valence-corrected chi connectivity index (χ0v) is 10.5. The second kappa shape index (κ2) is 6.26. The summed E-state index contributed by atoms with van der Waals surface area (Å²) in [5, 5.41) is 0. The molecule has 0 heterocycles. The van der Waals surface area contributed by atoms with Gasteiger partial charge in [-0.1, -0.05) is 0 Å². The van der Waals surface area contributed by atoms with Crippen LogP contribution in [0.4, 0.5) is 0 Å². The molecule has 0 aliphatic heterocycles. The number of nitrogens with zero attached hydrogens (tertiary/aromatic N) is 1. The van der Waals surface area contributed by atoms with Crippen molar-refractivity contribution in [3.8, 4) is 0 Å². The first-order chi connectivity index (χ1) is 7.09. The van der Waals surface area contributed by atoms with E-state index in [4.69, 9.17) is 0 Å². The van der Waals surface area contributed by atoms with Crippen molar-refractivity contribution in [1.29, 1.82) is 0 Å². The van der Waals surface area contributed by atoms with Gasteiger partial charge in [-0.05, 0) is 58.9 Å². The highest BCUT2D eigenvalue weighted by atomic mass is 16.1. The first-order valence-electron chi connectivity index (χ1n) is 6.33. The summed E-state index contributed by atoms with van der Waals surface area (Å²) in [6.45, 7) is 8.67. The van der Waals surface area contributed by atoms with Gasteiger partial charge < -0.3 is 9.69 Å². The Morgan fingerprint density at radius 3 is 2.47 bits per heavy atom. The standard InChI is InChI=1S/C13H25NO/c1-11(2)14(10-13-7-8-13)9-5-4-6-12(3)15/h11,13H,4-10H2,1-3H3. The number of carbonyl (C=O) groups excluding carboxylic acids is 1. The molecule has 2 nitrogen and oxygen atoms in total. The van der Waals surface area contributed by atoms with Gasteiger partial charge in [-0.25, -0.2) is 0 Å². The van der Waals surface area contributed by atoms with Gasteiger partial charge in [0.15, 0.2) is 0 Å². The van der Waals surface area contributed by atoms with Crippen molar-refractivity contribution in [1.82, 2.24) is 4.90 Å². The summed E-state index contributed by atoms with van der Waals surface area (Å²) in [6, 6.07) is 0.655. The molecule has 0 amide bonds. The molecule has 0 atom stereocenters. The molecule has 0 aromatic carbocycles. The molecule has 0 aromatic rings. The first-order valence-corrected chi connectivity index (χ1v) is 6.33. The Labute approximate surface area is 94.0 Å². The monoisotopic (exact) mass is 211 g/mol. The number of hydrogen-bond acceptors (Lipinski definition) is 2. The minimum atomic E-state index is 0.327. The lowest BCUT2D eigenvalue weighted by Crippen LogP contribution is -2.33. The van der Waals surface area contributed by atoms with Gasteiger partial charge >= 0.3 is 0 Å². The summed E-state index contributed by atoms with van der Waals surface area (Å²) in [4.78, 5) is 13.4. The van der Waals surface area contributed by atoms with Crippen LogP contribution in [0.5, 0.6) is 0 Å². The molecule has 1 aliphatic rings. The van der Waals surface area contributed by atoms with E-state index in [2.05, 4.69) is 18.7 Å². The molecule has 1 rings (SSSR count). The zero-order chi connectivity index (χ0) is 11.3. The number of rotatable bonds is 8. The minimum Gasteiger partial charge on any atom is -0.301 e. The number of unbranched alkanes of at least 4 members (excludes halogenated alkanes) is 1. The Morgan fingerprint density at radius 1 is 1.33 bits per heavy atom. The van der Waals surface area contributed by atoms with Gasteiger partial charge in [-0.3, -0.25) is 0 Å². The van der Waals surface area contributed by atoms with Crippen LogP contribution in [0.25, 0.3) is 0 Å². The van der Waals surface area contributed by atoms with Gasteiger partial charge in [0.05, 0.1) is 0 Å². The van der Waals surface area contributed by atoms with Crippen LogP contribution >= 0.6 is 0 Å². The molecule has 2 heteroatoms. The Balaban J connectivity index is 2.10. The number of hydrogen-bond donors (Lipinski definition) is 0. The second-order valence-corrected chi connectivity index (χ2v) is 5.19. The topological polar surface area (TPSA) is 20.3 Å². The molecular formula is C13H25NO. The average Bonchev–Trinajstić information content (AvgIpc) is 2.93. The normalized spacial score (nSPS) is 16.3. The highest BCUT2D eigenvalue weighted by Crippen LogP contribution is 2.30. The third-order valence-electron chi connectivity index (χ3n) is 3.14. The van der Waals surface area contributed by atoms with Gasteiger partial charge in [-0.15, -0.1) is 0 Å². The van der Waals surface area contributed by atoms with Crippen molar-refractivity contribution in [3.63, 3.8) is 0 Å². The molecule has 0 unspecified atom stereocenters. The molecule has 0 aromatic heterocycles. The van der Waals surface area contributed by atoms with Crippen LogP contribution < -0.4 is 0 Å². The van der Waals surface area contributed by atoms with Crippen molar-refractivity contribution in [2.45, 2.75) is 58.9 Å². The van der Waals surface area contributed by atoms with Crippen LogP contribution in [0, 0.1) is 5.92 Å². The maximum atomic E-state index is 10.8. The van der Waals surface area contributed by atoms with E-state index < -0.39 is 0 Å². The molecular weight excluding hydrogens is 186 g/mol. The van der Waals surface area contributed by atoms with E-state index in [0.717, 1.165) is 18.8 Å². The Morgan fingerprint density at radius 2 is 2.00 bits per heavy atom. The maximum Gasteiger partial charge on any atom is 0.129 e. The number of Topliss-reactive ketones (excluding diaryl/α,β-unsaturated/α-hetero) is 1. The van der Waals surface area contributed by atoms with Crippen LogP contribution in [-0.2, 0) is 4.79 Å². The van der Waals surface area contributed by atoms with Crippen LogP contribution in [0.15, 0.2) is 0 Å². The Hall–Kier alpha value is -0.370. The zero-order valence-electron chi connectivity index (χ0n) is 10.5. The van der Waals surface area contributed by atoms with Gasteiger partial charge in [0.25, 0.3) is 0 Å². The Bertz CT molecular complexity index is 197. The van der Waals surface area contributed by atoms with Crippen LogP contribution in [0.2, 0.25) is 0 Å². The van der Waals surface area contributed by atoms with Crippen molar-refractivity contribution in [3.05, 3.63) is 0 Å². The molecule has 0 radical (unpaired) electrons. The van der Waals surface area contributed by atoms with E-state index in [9.17, 15) is 4.79 Å². The van der Waals surface area contributed by atoms with Crippen molar-refractivity contribution >= 4 is 5.78 Å². The summed E-state index contributed by atoms with van der Waals surface area (Å²) in [5.41, 5.74) is 0. The van der Waals surface area contributed by atoms with Crippen molar-refractivity contribution in [2.24, 2.45) is 5.92 Å². The molecule has 1 aliphatic carbocycles. The minimum absolute atomic E-state index is 0.327. The molecule has 1 fully saturated rings. The lowest BCUT2D eigenvalue weighted by molar-refractivity contribution is -0.117. The van der Waals surface area contributed by atoms with Gasteiger partial charge in [0.1, 0.15) is 5.78 Å². The fourth-order valence-corrected chi connectivity index (χ4v) is 1.88. The van der Waals surface area contributed by atoms with E-state index in [1.54, 1.807) is 6.92 Å². The molecule has 0 N–H and O–H groups in total. The lowest BCUT2D eigenvalue weighted by atomic mass is 10.1. The predicted molar refractivity (Wildman–Crippen MR) is 64.0 cm³/mol. The fraction of sp³-hybridized carbons (Fsp3) is 0.923. The molecule has 88 valence electrons. The number of ketones is 1. The van der Waals surface area contributed by atoms with Gasteiger partial charge in [0, 0.05) is 19.0 Å². The summed E-state index contributed by atoms with van der Waals surface area (Å²) in [7, 11) is 0. The quantitative estimate of drug-likeness (QED) is 0.575. The van der Waals surface area contributed by atoms with Crippen LogP contribution in [-0.4, -0.2) is 29.8 Å². The highest BCUT2D eigenvalue weighted by molar-refractivity contribution is 5.75. The molecule has 0 saturated heterocycles. The smallest absolute Gasteiger partial charge is 0.129 e. The second-order valence-electron chi connectivity index (χ2n) is 5.19. The largest absolute Gasteiger partial charge is 0.301 e. The first kappa shape index (κ1) is 12.7. The fourth-order valence-electron chi connectivity index (χ4n) is 1.88. The van der Waals surface area contributed by atoms with E-state index in [0.29, 0.717) is 11.8 Å². The lowest BCUT2D eigenvalue weighted by Gasteiger charge is -2.26. The summed E-state index contributed by atoms with van der Waals surface area (Å²) < 4.78 is 0. The molecule has 1 saturated carbocycles. The average molecular weight is 211 g/mol. The van der Waals surface area contributed by atoms with Crippen molar-refractivity contribution in [2.75, 3.05) is 13.1 Å². The summed E-state index contributed by atoms with van der Waals surface area (Å²) in [5.74, 6) is 1.30. The van der Waals surface area contributed by atoms with E-state index in [-0.39, 0.29) is 0 Å². The van der Waals surface area contributed by atoms with Gasteiger partial charge in [0.2, 0.25) is 0 Å². The predicted octanol–water partition coefficient (Wildman–Crippen LogP) is 2.87. The number of carbonyl (C=O) groups is 1. The molecule has 0 bridgehead atoms. The summed E-state index contributed by atoms with van der Waals surface area (Å²) in [6.07, 6.45) is 5.84. The maximum absolute atomic E-state index is 10.8. The summed E-state index contributed by atoms with van der Waals surface area (Å²) >= 11 is 0. The molecule has 0 spiro atoms. The van der Waals surface area contributed by atoms with Crippen LogP contribution in [0.1, 0.15) is 52.9 Å². The van der Waals surface area contributed by atoms with Crippen LogP contribution in [0.3, 0.4) is 0 Å². The van der Waals surface area contributed by atoms with Gasteiger partial charge in [-0.2, -0.15) is 0 Å². The third kappa shape index (κ3) is 5.93. The Kier molecular flexibility index (Phi) is 5.30. The van der Waals surface area contributed by atoms with E-state index in [1.807, 2.05) is 0 Å².